The van der Waals surface area contributed by atoms with Crippen LogP contribution in [0.1, 0.15) is 32.8 Å². The number of aromatic nitrogens is 3. The molecule has 3 rings (SSSR count). The molecule has 0 saturated heterocycles. The van der Waals surface area contributed by atoms with Crippen LogP contribution >= 0.6 is 0 Å². The van der Waals surface area contributed by atoms with E-state index in [2.05, 4.69) is 24.3 Å². The van der Waals surface area contributed by atoms with E-state index in [1.54, 1.807) is 0 Å². The summed E-state index contributed by atoms with van der Waals surface area (Å²) in [5.41, 5.74) is 4.05. The maximum Gasteiger partial charge on any atom is 0.136 e. The number of rotatable bonds is 6. The van der Waals surface area contributed by atoms with Gasteiger partial charge in [0, 0.05) is 23.5 Å². The van der Waals surface area contributed by atoms with Crippen LogP contribution in [0.3, 0.4) is 0 Å². The molecule has 5 heteroatoms. The van der Waals surface area contributed by atoms with Crippen LogP contribution in [0.2, 0.25) is 0 Å². The van der Waals surface area contributed by atoms with Crippen molar-refractivity contribution in [3.63, 3.8) is 0 Å². The Labute approximate surface area is 148 Å². The van der Waals surface area contributed by atoms with E-state index in [9.17, 15) is 0 Å². The van der Waals surface area contributed by atoms with Gasteiger partial charge in [0.1, 0.15) is 11.5 Å². The molecule has 0 aliphatic carbocycles. The molecule has 0 bridgehead atoms. The third kappa shape index (κ3) is 3.76. The van der Waals surface area contributed by atoms with Crippen molar-refractivity contribution in [2.24, 2.45) is 0 Å². The molecule has 0 fully saturated rings. The zero-order valence-corrected chi connectivity index (χ0v) is 14.8. The minimum Gasteiger partial charge on any atom is -0.367 e. The quantitative estimate of drug-likeness (QED) is 0.651. The fraction of sp³-hybridized carbons (Fsp3) is 0.250. The second kappa shape index (κ2) is 7.30. The molecular formula is C20H23N5. The molecule has 128 valence electrons. The molecule has 2 heterocycles. The second-order valence-electron chi connectivity index (χ2n) is 6.20. The van der Waals surface area contributed by atoms with Gasteiger partial charge in [0.25, 0.3) is 0 Å². The molecule has 5 nitrogen and oxygen atoms in total. The molecule has 0 amide bonds. The molecule has 0 aliphatic heterocycles. The summed E-state index contributed by atoms with van der Waals surface area (Å²) in [5.74, 6) is 0.744. The lowest BCUT2D eigenvalue weighted by Gasteiger charge is -2.15. The average molecular weight is 333 g/mol. The maximum absolute atomic E-state index is 8.16. The molecule has 1 aromatic carbocycles. The largest absolute Gasteiger partial charge is 0.367 e. The normalized spacial score (nSPS) is 10.9. The van der Waals surface area contributed by atoms with Crippen molar-refractivity contribution in [2.75, 3.05) is 5.32 Å². The third-order valence-electron chi connectivity index (χ3n) is 3.87. The lowest BCUT2D eigenvalue weighted by molar-refractivity contribution is 0.878. The van der Waals surface area contributed by atoms with Crippen LogP contribution in [0.5, 0.6) is 0 Å². The van der Waals surface area contributed by atoms with E-state index in [1.165, 1.54) is 0 Å². The molecule has 0 aliphatic rings. The smallest absolute Gasteiger partial charge is 0.136 e. The van der Waals surface area contributed by atoms with E-state index < -0.39 is 0 Å². The Hall–Kier alpha value is -2.95. The van der Waals surface area contributed by atoms with E-state index >= 15 is 0 Å². The van der Waals surface area contributed by atoms with Crippen molar-refractivity contribution in [3.8, 4) is 17.1 Å². The first kappa shape index (κ1) is 16.9. The Bertz CT molecular complexity index is 865. The molecule has 3 aromatic rings. The van der Waals surface area contributed by atoms with Gasteiger partial charge in [-0.05, 0) is 50.6 Å². The number of anilines is 1. The third-order valence-corrected chi connectivity index (χ3v) is 3.87. The summed E-state index contributed by atoms with van der Waals surface area (Å²) in [6.07, 6.45) is 2.61. The van der Waals surface area contributed by atoms with Gasteiger partial charge in [0.2, 0.25) is 0 Å². The highest BCUT2D eigenvalue weighted by molar-refractivity contribution is 6.02. The Morgan fingerprint density at radius 2 is 1.84 bits per heavy atom. The van der Waals surface area contributed by atoms with Crippen LogP contribution in [-0.4, -0.2) is 26.5 Å². The van der Waals surface area contributed by atoms with Gasteiger partial charge in [-0.15, -0.1) is 0 Å². The Morgan fingerprint density at radius 1 is 1.08 bits per heavy atom. The highest BCUT2D eigenvalue weighted by atomic mass is 15.3. The zero-order valence-electron chi connectivity index (χ0n) is 14.8. The van der Waals surface area contributed by atoms with Gasteiger partial charge in [-0.25, -0.2) is 9.67 Å². The van der Waals surface area contributed by atoms with Crippen molar-refractivity contribution < 1.29 is 0 Å². The number of hydrogen-bond acceptors (Lipinski definition) is 4. The summed E-state index contributed by atoms with van der Waals surface area (Å²) >= 11 is 0. The van der Waals surface area contributed by atoms with Gasteiger partial charge in [-0.3, -0.25) is 0 Å². The van der Waals surface area contributed by atoms with Crippen molar-refractivity contribution in [1.29, 1.82) is 5.41 Å². The summed E-state index contributed by atoms with van der Waals surface area (Å²) in [7, 11) is 0. The van der Waals surface area contributed by atoms with Crippen molar-refractivity contribution in [1.82, 2.24) is 14.8 Å². The summed E-state index contributed by atoms with van der Waals surface area (Å²) in [6, 6.07) is 16.1. The van der Waals surface area contributed by atoms with Crippen molar-refractivity contribution in [2.45, 2.75) is 33.2 Å². The molecule has 0 radical (unpaired) electrons. The Balaban J connectivity index is 1.97. The van der Waals surface area contributed by atoms with Crippen LogP contribution in [0.4, 0.5) is 5.82 Å². The molecule has 0 unspecified atom stereocenters. The van der Waals surface area contributed by atoms with E-state index in [0.29, 0.717) is 12.1 Å². The molecular weight excluding hydrogens is 310 g/mol. The average Bonchev–Trinajstić information content (AvgIpc) is 3.11. The van der Waals surface area contributed by atoms with Crippen molar-refractivity contribution >= 4 is 11.5 Å². The minimum atomic E-state index is 0.244. The summed E-state index contributed by atoms with van der Waals surface area (Å²) in [6.45, 7) is 6.12. The Kier molecular flexibility index (Phi) is 4.93. The zero-order chi connectivity index (χ0) is 17.8. The number of hydrogen-bond donors (Lipinski definition) is 2. The van der Waals surface area contributed by atoms with Gasteiger partial charge >= 0.3 is 0 Å². The monoisotopic (exact) mass is 333 g/mol. The number of benzene rings is 1. The lowest BCUT2D eigenvalue weighted by atomic mass is 10.1. The fourth-order valence-corrected chi connectivity index (χ4v) is 2.60. The first-order valence-electron chi connectivity index (χ1n) is 8.55. The Morgan fingerprint density at radius 3 is 2.52 bits per heavy atom. The minimum absolute atomic E-state index is 0.244. The van der Waals surface area contributed by atoms with Crippen LogP contribution in [0.25, 0.3) is 17.1 Å². The SMILES string of the molecule is CCC(=N)c1ccc(-c2ccn(-c3ccccc3)n2)nc1NC(C)C. The van der Waals surface area contributed by atoms with Gasteiger partial charge in [0.05, 0.1) is 11.4 Å². The fourth-order valence-electron chi connectivity index (χ4n) is 2.60. The van der Waals surface area contributed by atoms with Gasteiger partial charge in [-0.2, -0.15) is 5.10 Å². The topological polar surface area (TPSA) is 66.6 Å². The van der Waals surface area contributed by atoms with Crippen LogP contribution in [0, 0.1) is 5.41 Å². The molecule has 0 saturated carbocycles. The molecule has 0 spiro atoms. The van der Waals surface area contributed by atoms with Crippen LogP contribution < -0.4 is 5.32 Å². The predicted octanol–water partition coefficient (Wildman–Crippen LogP) is 4.53. The number of nitrogens with zero attached hydrogens (tertiary/aromatic N) is 3. The summed E-state index contributed by atoms with van der Waals surface area (Å²) in [4.78, 5) is 4.73. The number of para-hydroxylation sites is 1. The first-order valence-corrected chi connectivity index (χ1v) is 8.55. The van der Waals surface area contributed by atoms with Crippen LogP contribution in [0.15, 0.2) is 54.7 Å². The van der Waals surface area contributed by atoms with E-state index in [-0.39, 0.29) is 6.04 Å². The molecule has 25 heavy (non-hydrogen) atoms. The number of pyridine rings is 1. The van der Waals surface area contributed by atoms with E-state index in [0.717, 1.165) is 28.5 Å². The molecule has 2 N–H and O–H groups in total. The van der Waals surface area contributed by atoms with Gasteiger partial charge in [-0.1, -0.05) is 25.1 Å². The standard InChI is InChI=1S/C20H23N5/c1-4-17(21)16-10-11-18(23-20(16)22-14(2)3)19-12-13-25(24-19)15-8-6-5-7-9-15/h5-14,21H,4H2,1-3H3,(H,22,23). The van der Waals surface area contributed by atoms with Crippen molar-refractivity contribution in [3.05, 3.63) is 60.3 Å². The maximum atomic E-state index is 8.16. The van der Waals surface area contributed by atoms with Gasteiger partial charge in [0.15, 0.2) is 0 Å². The molecule has 0 atom stereocenters. The van der Waals surface area contributed by atoms with E-state index in [1.807, 2.05) is 66.3 Å². The predicted molar refractivity (Wildman–Crippen MR) is 103 cm³/mol. The highest BCUT2D eigenvalue weighted by Crippen LogP contribution is 2.23. The lowest BCUT2D eigenvalue weighted by Crippen LogP contribution is -2.15. The van der Waals surface area contributed by atoms with E-state index in [4.69, 9.17) is 10.4 Å². The second-order valence-corrected chi connectivity index (χ2v) is 6.20. The van der Waals surface area contributed by atoms with Crippen LogP contribution in [-0.2, 0) is 0 Å². The number of nitrogens with one attached hydrogen (secondary N) is 2. The summed E-state index contributed by atoms with van der Waals surface area (Å²) in [5, 5.41) is 16.1. The molecule has 2 aromatic heterocycles. The highest BCUT2D eigenvalue weighted by Gasteiger charge is 2.13. The first-order chi connectivity index (χ1) is 12.1. The van der Waals surface area contributed by atoms with Gasteiger partial charge < -0.3 is 10.7 Å². The summed E-state index contributed by atoms with van der Waals surface area (Å²) < 4.78 is 1.84.